The van der Waals surface area contributed by atoms with Crippen LogP contribution in [0.2, 0.25) is 5.02 Å². The van der Waals surface area contributed by atoms with Crippen LogP contribution in [0.15, 0.2) is 65.6 Å². The van der Waals surface area contributed by atoms with Gasteiger partial charge in [0, 0.05) is 10.6 Å². The van der Waals surface area contributed by atoms with Crippen LogP contribution in [0, 0.1) is 13.8 Å². The number of amides is 1. The number of anilines is 2. The minimum Gasteiger partial charge on any atom is -0.492 e. The molecule has 1 amide bonds. The van der Waals surface area contributed by atoms with Gasteiger partial charge in [-0.25, -0.2) is 8.42 Å². The summed E-state index contributed by atoms with van der Waals surface area (Å²) in [5, 5.41) is 3.14. The molecule has 0 aliphatic heterocycles. The van der Waals surface area contributed by atoms with Crippen molar-refractivity contribution >= 4 is 38.9 Å². The van der Waals surface area contributed by atoms with E-state index in [0.29, 0.717) is 28.6 Å². The molecule has 0 fully saturated rings. The fourth-order valence-electron chi connectivity index (χ4n) is 3.01. The van der Waals surface area contributed by atoms with Gasteiger partial charge in [-0.05, 0) is 68.8 Å². The first kappa shape index (κ1) is 22.7. The molecule has 0 radical (unpaired) electrons. The minimum atomic E-state index is -3.89. The van der Waals surface area contributed by atoms with E-state index in [2.05, 4.69) is 10.0 Å². The quantitative estimate of drug-likeness (QED) is 0.495. The maximum Gasteiger partial charge on any atom is 0.261 e. The molecule has 0 unspecified atom stereocenters. The van der Waals surface area contributed by atoms with Crippen LogP contribution in [-0.4, -0.2) is 20.9 Å². The number of halogens is 1. The van der Waals surface area contributed by atoms with E-state index < -0.39 is 15.9 Å². The zero-order valence-corrected chi connectivity index (χ0v) is 19.0. The second-order valence-electron chi connectivity index (χ2n) is 6.98. The van der Waals surface area contributed by atoms with Crippen molar-refractivity contribution in [2.24, 2.45) is 0 Å². The van der Waals surface area contributed by atoms with Crippen LogP contribution in [0.1, 0.15) is 28.4 Å². The van der Waals surface area contributed by atoms with Crippen molar-refractivity contribution in [1.29, 1.82) is 0 Å². The Morgan fingerprint density at radius 2 is 1.77 bits per heavy atom. The van der Waals surface area contributed by atoms with E-state index >= 15 is 0 Å². The first-order valence-electron chi connectivity index (χ1n) is 9.63. The molecule has 0 atom stereocenters. The van der Waals surface area contributed by atoms with Gasteiger partial charge in [0.25, 0.3) is 15.9 Å². The van der Waals surface area contributed by atoms with Gasteiger partial charge in [-0.15, -0.1) is 0 Å². The number of benzene rings is 3. The highest BCUT2D eigenvalue weighted by Crippen LogP contribution is 2.30. The Kier molecular flexibility index (Phi) is 6.87. The van der Waals surface area contributed by atoms with Crippen molar-refractivity contribution in [2.75, 3.05) is 16.6 Å². The van der Waals surface area contributed by atoms with Crippen LogP contribution in [-0.2, 0) is 10.0 Å². The first-order valence-corrected chi connectivity index (χ1v) is 11.5. The number of nitrogens with one attached hydrogen (secondary N) is 2. The average Bonchev–Trinajstić information content (AvgIpc) is 2.71. The van der Waals surface area contributed by atoms with Gasteiger partial charge in [0.05, 0.1) is 22.9 Å². The van der Waals surface area contributed by atoms with Crippen LogP contribution in [0.25, 0.3) is 0 Å². The summed E-state index contributed by atoms with van der Waals surface area (Å²) in [4.78, 5) is 12.7. The number of aryl methyl sites for hydroxylation is 2. The summed E-state index contributed by atoms with van der Waals surface area (Å²) in [5.74, 6) is -0.0660. The molecule has 0 spiro atoms. The first-order chi connectivity index (χ1) is 14.7. The Labute approximate surface area is 187 Å². The maximum absolute atomic E-state index is 13.0. The molecule has 0 saturated carbocycles. The summed E-state index contributed by atoms with van der Waals surface area (Å²) >= 11 is 5.97. The van der Waals surface area contributed by atoms with Crippen molar-refractivity contribution in [3.8, 4) is 5.75 Å². The molecule has 162 valence electrons. The lowest BCUT2D eigenvalue weighted by atomic mass is 10.1. The predicted molar refractivity (Wildman–Crippen MR) is 124 cm³/mol. The van der Waals surface area contributed by atoms with Crippen LogP contribution in [0.5, 0.6) is 5.75 Å². The molecule has 3 aromatic carbocycles. The van der Waals surface area contributed by atoms with Crippen LogP contribution in [0.4, 0.5) is 11.4 Å². The summed E-state index contributed by atoms with van der Waals surface area (Å²) in [5.41, 5.74) is 2.92. The SMILES string of the molecule is CCOc1ccc(S(=O)(=O)Nc2ccc(C)cc2C)cc1NC(=O)c1cccc(Cl)c1. The molecule has 0 saturated heterocycles. The molecular weight excluding hydrogens is 436 g/mol. The number of ether oxygens (including phenoxy) is 1. The molecule has 3 rings (SSSR count). The third-order valence-corrected chi connectivity index (χ3v) is 6.12. The van der Waals surface area contributed by atoms with Crippen LogP contribution >= 0.6 is 11.6 Å². The molecule has 8 heteroatoms. The molecule has 6 nitrogen and oxygen atoms in total. The lowest BCUT2D eigenvalue weighted by molar-refractivity contribution is 0.102. The fourth-order valence-corrected chi connectivity index (χ4v) is 4.36. The van der Waals surface area contributed by atoms with E-state index in [9.17, 15) is 13.2 Å². The van der Waals surface area contributed by atoms with Gasteiger partial charge in [0.1, 0.15) is 5.75 Å². The van der Waals surface area contributed by atoms with Crippen molar-refractivity contribution < 1.29 is 17.9 Å². The summed E-state index contributed by atoms with van der Waals surface area (Å²) in [6.45, 7) is 5.92. The normalized spacial score (nSPS) is 11.1. The van der Waals surface area contributed by atoms with Crippen molar-refractivity contribution in [1.82, 2.24) is 0 Å². The summed E-state index contributed by atoms with van der Waals surface area (Å²) in [6, 6.07) is 16.2. The second kappa shape index (κ2) is 9.41. The molecule has 2 N–H and O–H groups in total. The smallest absolute Gasteiger partial charge is 0.261 e. The van der Waals surface area contributed by atoms with E-state index in [0.717, 1.165) is 11.1 Å². The Hall–Kier alpha value is -3.03. The summed E-state index contributed by atoms with van der Waals surface area (Å²) in [6.07, 6.45) is 0. The number of hydrogen-bond donors (Lipinski definition) is 2. The van der Waals surface area contributed by atoms with E-state index in [1.54, 1.807) is 31.2 Å². The number of rotatable bonds is 7. The number of carbonyl (C=O) groups is 1. The largest absolute Gasteiger partial charge is 0.492 e. The molecule has 0 heterocycles. The monoisotopic (exact) mass is 458 g/mol. The minimum absolute atomic E-state index is 0.00248. The van der Waals surface area contributed by atoms with Gasteiger partial charge in [-0.2, -0.15) is 0 Å². The number of sulfonamides is 1. The van der Waals surface area contributed by atoms with E-state index in [-0.39, 0.29) is 10.6 Å². The predicted octanol–water partition coefficient (Wildman–Crippen LogP) is 5.41. The highest BCUT2D eigenvalue weighted by molar-refractivity contribution is 7.92. The van der Waals surface area contributed by atoms with Crippen molar-refractivity contribution in [3.05, 3.63) is 82.4 Å². The molecule has 0 aromatic heterocycles. The highest BCUT2D eigenvalue weighted by atomic mass is 35.5. The molecule has 3 aromatic rings. The highest BCUT2D eigenvalue weighted by Gasteiger charge is 2.19. The molecule has 31 heavy (non-hydrogen) atoms. The van der Waals surface area contributed by atoms with Gasteiger partial charge >= 0.3 is 0 Å². The lowest BCUT2D eigenvalue weighted by Crippen LogP contribution is -2.16. The van der Waals surface area contributed by atoms with E-state index in [1.165, 1.54) is 24.3 Å². The molecular formula is C23H23ClN2O4S. The maximum atomic E-state index is 13.0. The Morgan fingerprint density at radius 3 is 2.45 bits per heavy atom. The van der Waals surface area contributed by atoms with Gasteiger partial charge < -0.3 is 10.1 Å². The lowest BCUT2D eigenvalue weighted by Gasteiger charge is -2.15. The van der Waals surface area contributed by atoms with E-state index in [1.807, 2.05) is 26.0 Å². The molecule has 0 bridgehead atoms. The number of hydrogen-bond acceptors (Lipinski definition) is 4. The number of carbonyl (C=O) groups excluding carboxylic acids is 1. The van der Waals surface area contributed by atoms with Crippen LogP contribution in [0.3, 0.4) is 0 Å². The Bertz CT molecular complexity index is 1230. The van der Waals surface area contributed by atoms with Crippen molar-refractivity contribution in [2.45, 2.75) is 25.7 Å². The third-order valence-electron chi connectivity index (χ3n) is 4.52. The average molecular weight is 459 g/mol. The standard InChI is InChI=1S/C23H23ClN2O4S/c1-4-30-22-11-9-19(31(28,29)26-20-10-8-15(2)12-16(20)3)14-21(22)25-23(27)17-6-5-7-18(24)13-17/h5-14,26H,4H2,1-3H3,(H,25,27). The Balaban J connectivity index is 1.94. The summed E-state index contributed by atoms with van der Waals surface area (Å²) < 4.78 is 34.1. The zero-order chi connectivity index (χ0) is 22.6. The van der Waals surface area contributed by atoms with Crippen molar-refractivity contribution in [3.63, 3.8) is 0 Å². The zero-order valence-electron chi connectivity index (χ0n) is 17.4. The fraction of sp³-hybridized carbons (Fsp3) is 0.174. The summed E-state index contributed by atoms with van der Waals surface area (Å²) in [7, 11) is -3.89. The van der Waals surface area contributed by atoms with Gasteiger partial charge in [0.15, 0.2) is 0 Å². The third kappa shape index (κ3) is 5.57. The van der Waals surface area contributed by atoms with Crippen LogP contribution < -0.4 is 14.8 Å². The molecule has 0 aliphatic carbocycles. The Morgan fingerprint density at radius 1 is 1.00 bits per heavy atom. The van der Waals surface area contributed by atoms with Gasteiger partial charge in [-0.3, -0.25) is 9.52 Å². The van der Waals surface area contributed by atoms with Gasteiger partial charge in [0.2, 0.25) is 0 Å². The second-order valence-corrected chi connectivity index (χ2v) is 9.10. The van der Waals surface area contributed by atoms with E-state index in [4.69, 9.17) is 16.3 Å². The van der Waals surface area contributed by atoms with Gasteiger partial charge in [-0.1, -0.05) is 35.4 Å². The molecule has 0 aliphatic rings. The topological polar surface area (TPSA) is 84.5 Å².